The standard InChI is InChI=1S/C10H10N2O.C2H6/c1-2-8-3-5-9(6-4-8)10-12-11-7-13-10;1-2/h3-7H,2H2,1H3;1-2H3. The van der Waals surface area contributed by atoms with Crippen molar-refractivity contribution in [3.8, 4) is 11.5 Å². The Bertz CT molecular complexity index is 365. The van der Waals surface area contributed by atoms with Gasteiger partial charge in [0.25, 0.3) is 0 Å². The quantitative estimate of drug-likeness (QED) is 0.753. The van der Waals surface area contributed by atoms with Gasteiger partial charge in [0, 0.05) is 5.56 Å². The third-order valence-electron chi connectivity index (χ3n) is 1.97. The zero-order valence-corrected chi connectivity index (χ0v) is 9.40. The second-order valence-electron chi connectivity index (χ2n) is 2.79. The largest absolute Gasteiger partial charge is 0.423 e. The van der Waals surface area contributed by atoms with Gasteiger partial charge in [0.2, 0.25) is 12.3 Å². The lowest BCUT2D eigenvalue weighted by Crippen LogP contribution is -1.81. The van der Waals surface area contributed by atoms with Crippen molar-refractivity contribution < 1.29 is 4.42 Å². The van der Waals surface area contributed by atoms with E-state index in [1.165, 1.54) is 12.0 Å². The van der Waals surface area contributed by atoms with E-state index in [4.69, 9.17) is 4.42 Å². The van der Waals surface area contributed by atoms with Gasteiger partial charge in [-0.2, -0.15) is 0 Å². The molecule has 0 spiro atoms. The van der Waals surface area contributed by atoms with Crippen molar-refractivity contribution in [3.63, 3.8) is 0 Å². The summed E-state index contributed by atoms with van der Waals surface area (Å²) in [6.07, 6.45) is 2.38. The number of aryl methyl sites for hydroxylation is 1. The summed E-state index contributed by atoms with van der Waals surface area (Å²) in [4.78, 5) is 0. The highest BCUT2D eigenvalue weighted by atomic mass is 16.4. The molecule has 0 fully saturated rings. The first-order chi connectivity index (χ1) is 7.40. The summed E-state index contributed by atoms with van der Waals surface area (Å²) in [6, 6.07) is 8.12. The van der Waals surface area contributed by atoms with Crippen LogP contribution in [0.3, 0.4) is 0 Å². The monoisotopic (exact) mass is 204 g/mol. The number of hydrogen-bond donors (Lipinski definition) is 0. The first-order valence-electron chi connectivity index (χ1n) is 5.25. The second kappa shape index (κ2) is 5.96. The number of hydrogen-bond acceptors (Lipinski definition) is 3. The van der Waals surface area contributed by atoms with E-state index in [1.54, 1.807) is 0 Å². The molecule has 3 nitrogen and oxygen atoms in total. The summed E-state index contributed by atoms with van der Waals surface area (Å²) in [5.74, 6) is 0.572. The van der Waals surface area contributed by atoms with Crippen LogP contribution in [0.15, 0.2) is 35.1 Å². The molecule has 0 radical (unpaired) electrons. The van der Waals surface area contributed by atoms with E-state index in [9.17, 15) is 0 Å². The van der Waals surface area contributed by atoms with Gasteiger partial charge in [-0.3, -0.25) is 0 Å². The Morgan fingerprint density at radius 2 is 1.80 bits per heavy atom. The Labute approximate surface area is 90.2 Å². The van der Waals surface area contributed by atoms with E-state index in [1.807, 2.05) is 26.0 Å². The van der Waals surface area contributed by atoms with E-state index < -0.39 is 0 Å². The maximum absolute atomic E-state index is 5.07. The highest BCUT2D eigenvalue weighted by molar-refractivity contribution is 5.52. The molecule has 80 valence electrons. The van der Waals surface area contributed by atoms with Crippen LogP contribution in [0.2, 0.25) is 0 Å². The predicted octanol–water partition coefficient (Wildman–Crippen LogP) is 3.33. The Morgan fingerprint density at radius 3 is 2.27 bits per heavy atom. The Hall–Kier alpha value is -1.64. The maximum atomic E-state index is 5.07. The van der Waals surface area contributed by atoms with Crippen LogP contribution >= 0.6 is 0 Å². The molecular weight excluding hydrogens is 188 g/mol. The van der Waals surface area contributed by atoms with Crippen molar-refractivity contribution in [3.05, 3.63) is 36.2 Å². The molecule has 1 aromatic heterocycles. The first-order valence-corrected chi connectivity index (χ1v) is 5.25. The van der Waals surface area contributed by atoms with Gasteiger partial charge < -0.3 is 4.42 Å². The molecule has 0 amide bonds. The third kappa shape index (κ3) is 2.91. The Kier molecular flexibility index (Phi) is 4.54. The Morgan fingerprint density at radius 1 is 1.13 bits per heavy atom. The molecule has 3 heteroatoms. The molecule has 0 saturated heterocycles. The summed E-state index contributed by atoms with van der Waals surface area (Å²) in [5, 5.41) is 7.45. The minimum Gasteiger partial charge on any atom is -0.423 e. The molecule has 0 atom stereocenters. The van der Waals surface area contributed by atoms with Gasteiger partial charge in [-0.15, -0.1) is 10.2 Å². The lowest BCUT2D eigenvalue weighted by molar-refractivity contribution is 0.568. The molecule has 0 saturated carbocycles. The molecule has 1 heterocycles. The molecule has 0 aliphatic carbocycles. The Balaban J connectivity index is 0.000000531. The third-order valence-corrected chi connectivity index (χ3v) is 1.97. The van der Waals surface area contributed by atoms with Crippen molar-refractivity contribution >= 4 is 0 Å². The normalized spacial score (nSPS) is 9.27. The van der Waals surface area contributed by atoms with E-state index >= 15 is 0 Å². The van der Waals surface area contributed by atoms with Gasteiger partial charge in [-0.1, -0.05) is 32.9 Å². The maximum Gasteiger partial charge on any atom is 0.247 e. The van der Waals surface area contributed by atoms with Crippen LogP contribution in [0, 0.1) is 0 Å². The van der Waals surface area contributed by atoms with Gasteiger partial charge in [0.05, 0.1) is 0 Å². The van der Waals surface area contributed by atoms with E-state index in [0.717, 1.165) is 12.0 Å². The van der Waals surface area contributed by atoms with Gasteiger partial charge in [-0.25, -0.2) is 0 Å². The van der Waals surface area contributed by atoms with Crippen molar-refractivity contribution in [1.82, 2.24) is 10.2 Å². The zero-order valence-electron chi connectivity index (χ0n) is 9.40. The van der Waals surface area contributed by atoms with Crippen molar-refractivity contribution in [2.75, 3.05) is 0 Å². The molecule has 0 unspecified atom stereocenters. The smallest absolute Gasteiger partial charge is 0.247 e. The van der Waals surface area contributed by atoms with E-state index in [2.05, 4.69) is 29.3 Å². The fourth-order valence-electron chi connectivity index (χ4n) is 1.18. The average molecular weight is 204 g/mol. The summed E-state index contributed by atoms with van der Waals surface area (Å²) in [7, 11) is 0. The van der Waals surface area contributed by atoms with Crippen LogP contribution in [0.4, 0.5) is 0 Å². The molecule has 0 aliphatic heterocycles. The van der Waals surface area contributed by atoms with Gasteiger partial charge >= 0.3 is 0 Å². The summed E-state index contributed by atoms with van der Waals surface area (Å²) >= 11 is 0. The topological polar surface area (TPSA) is 38.9 Å². The van der Waals surface area contributed by atoms with Gasteiger partial charge in [0.15, 0.2) is 0 Å². The van der Waals surface area contributed by atoms with Crippen LogP contribution in [0.1, 0.15) is 26.3 Å². The molecule has 0 N–H and O–H groups in total. The zero-order chi connectivity index (χ0) is 11.1. The fourth-order valence-corrected chi connectivity index (χ4v) is 1.18. The molecule has 2 aromatic rings. The second-order valence-corrected chi connectivity index (χ2v) is 2.79. The molecule has 15 heavy (non-hydrogen) atoms. The molecule has 0 bridgehead atoms. The number of nitrogens with zero attached hydrogens (tertiary/aromatic N) is 2. The highest BCUT2D eigenvalue weighted by Crippen LogP contribution is 2.16. The first kappa shape index (κ1) is 11.4. The highest BCUT2D eigenvalue weighted by Gasteiger charge is 2.01. The summed E-state index contributed by atoms with van der Waals surface area (Å²) < 4.78 is 5.07. The van der Waals surface area contributed by atoms with Crippen molar-refractivity contribution in [2.45, 2.75) is 27.2 Å². The number of benzene rings is 1. The average Bonchev–Trinajstić information content (AvgIpc) is 2.85. The lowest BCUT2D eigenvalue weighted by atomic mass is 10.1. The molecule has 1 aromatic carbocycles. The fraction of sp³-hybridized carbons (Fsp3) is 0.333. The molecular formula is C12H16N2O. The van der Waals surface area contributed by atoms with E-state index in [-0.39, 0.29) is 0 Å². The minimum atomic E-state index is 0.572. The minimum absolute atomic E-state index is 0.572. The van der Waals surface area contributed by atoms with Gasteiger partial charge in [-0.05, 0) is 24.1 Å². The van der Waals surface area contributed by atoms with Gasteiger partial charge in [0.1, 0.15) is 0 Å². The number of aromatic nitrogens is 2. The number of rotatable bonds is 2. The van der Waals surface area contributed by atoms with Crippen LogP contribution in [0.5, 0.6) is 0 Å². The van der Waals surface area contributed by atoms with E-state index in [0.29, 0.717) is 5.89 Å². The van der Waals surface area contributed by atoms with Crippen LogP contribution in [-0.4, -0.2) is 10.2 Å². The SMILES string of the molecule is CC.CCc1ccc(-c2nnco2)cc1. The summed E-state index contributed by atoms with van der Waals surface area (Å²) in [5.41, 5.74) is 2.28. The van der Waals surface area contributed by atoms with Crippen molar-refractivity contribution in [2.24, 2.45) is 0 Å². The molecule has 0 aliphatic rings. The van der Waals surface area contributed by atoms with Crippen molar-refractivity contribution in [1.29, 1.82) is 0 Å². The lowest BCUT2D eigenvalue weighted by Gasteiger charge is -1.96. The van der Waals surface area contributed by atoms with Crippen LogP contribution in [-0.2, 0) is 6.42 Å². The molecule has 2 rings (SSSR count). The predicted molar refractivity (Wildman–Crippen MR) is 60.5 cm³/mol. The summed E-state index contributed by atoms with van der Waals surface area (Å²) in [6.45, 7) is 6.13. The van der Waals surface area contributed by atoms with Crippen LogP contribution in [0.25, 0.3) is 11.5 Å². The van der Waals surface area contributed by atoms with Crippen LogP contribution < -0.4 is 0 Å².